The maximum atomic E-state index is 5.38. The average molecular weight is 141 g/mol. The first-order chi connectivity index (χ1) is 4.88. The molecule has 2 aliphatic rings. The summed E-state index contributed by atoms with van der Waals surface area (Å²) in [5, 5.41) is 3.56. The second-order valence-corrected chi connectivity index (χ2v) is 3.47. The number of piperidine rings is 1. The summed E-state index contributed by atoms with van der Waals surface area (Å²) < 4.78 is 0. The van der Waals surface area contributed by atoms with Crippen molar-refractivity contribution >= 4 is 0 Å². The van der Waals surface area contributed by atoms with Crippen molar-refractivity contribution in [2.75, 3.05) is 0 Å². The fraction of sp³-hybridized carbons (Fsp3) is 1.00. The Morgan fingerprint density at radius 1 is 1.20 bits per heavy atom. The summed E-state index contributed by atoms with van der Waals surface area (Å²) in [6.07, 6.45) is 5.13. The zero-order chi connectivity index (χ0) is 6.97. The van der Waals surface area contributed by atoms with Crippen molar-refractivity contribution in [3.8, 4) is 0 Å². The zero-order valence-electron chi connectivity index (χ0n) is 6.14. The van der Waals surface area contributed by atoms with E-state index < -0.39 is 0 Å². The minimum Gasteiger partial charge on any atom is -0.311 e. The highest BCUT2D eigenvalue weighted by atomic mass is 15.2. The lowest BCUT2D eigenvalue weighted by molar-refractivity contribution is 0.321. The van der Waals surface area contributed by atoms with E-state index in [9.17, 15) is 0 Å². The number of nitrogens with one attached hydrogen (secondary N) is 2. The monoisotopic (exact) mass is 141 g/mol. The van der Waals surface area contributed by atoms with E-state index in [1.165, 1.54) is 25.7 Å². The van der Waals surface area contributed by atoms with E-state index in [4.69, 9.17) is 5.84 Å². The van der Waals surface area contributed by atoms with E-state index in [-0.39, 0.29) is 0 Å². The Balaban J connectivity index is 1.96. The first-order valence-corrected chi connectivity index (χ1v) is 4.10. The predicted octanol–water partition coefficient (Wildman–Crippen LogP) is -0.267. The molecule has 2 aliphatic heterocycles. The molecule has 2 unspecified atom stereocenters. The molecule has 0 amide bonds. The van der Waals surface area contributed by atoms with Gasteiger partial charge in [0.05, 0.1) is 0 Å². The normalized spacial score (nSPS) is 45.9. The van der Waals surface area contributed by atoms with Crippen LogP contribution in [0, 0.1) is 0 Å². The lowest BCUT2D eigenvalue weighted by Crippen LogP contribution is -2.48. The Morgan fingerprint density at radius 3 is 2.30 bits per heavy atom. The molecule has 0 aromatic rings. The highest BCUT2D eigenvalue weighted by Crippen LogP contribution is 2.26. The van der Waals surface area contributed by atoms with Gasteiger partial charge in [0.15, 0.2) is 0 Å². The molecular weight excluding hydrogens is 126 g/mol. The molecule has 2 rings (SSSR count). The third-order valence-electron chi connectivity index (χ3n) is 2.71. The summed E-state index contributed by atoms with van der Waals surface area (Å²) in [7, 11) is 0. The van der Waals surface area contributed by atoms with Crippen LogP contribution < -0.4 is 16.6 Å². The van der Waals surface area contributed by atoms with Crippen molar-refractivity contribution < 1.29 is 0 Å². The second kappa shape index (κ2) is 2.49. The van der Waals surface area contributed by atoms with Gasteiger partial charge in [-0.3, -0.25) is 11.3 Å². The number of hydrazine groups is 1. The van der Waals surface area contributed by atoms with Crippen molar-refractivity contribution in [2.24, 2.45) is 5.84 Å². The van der Waals surface area contributed by atoms with Gasteiger partial charge in [-0.1, -0.05) is 0 Å². The van der Waals surface area contributed by atoms with Gasteiger partial charge in [0.2, 0.25) is 0 Å². The van der Waals surface area contributed by atoms with Gasteiger partial charge >= 0.3 is 0 Å². The van der Waals surface area contributed by atoms with Crippen molar-refractivity contribution in [2.45, 2.75) is 43.8 Å². The minimum absolute atomic E-state index is 0.568. The van der Waals surface area contributed by atoms with Gasteiger partial charge in [-0.25, -0.2) is 0 Å². The smallest absolute Gasteiger partial charge is 0.0240 e. The Bertz CT molecular complexity index is 114. The number of rotatable bonds is 1. The summed E-state index contributed by atoms with van der Waals surface area (Å²) in [5.41, 5.74) is 2.86. The van der Waals surface area contributed by atoms with Gasteiger partial charge in [-0.15, -0.1) is 0 Å². The van der Waals surface area contributed by atoms with Gasteiger partial charge < -0.3 is 5.32 Å². The first-order valence-electron chi connectivity index (χ1n) is 4.10. The Hall–Kier alpha value is -0.120. The van der Waals surface area contributed by atoms with E-state index in [0.29, 0.717) is 6.04 Å². The van der Waals surface area contributed by atoms with Gasteiger partial charge in [-0.05, 0) is 25.7 Å². The summed E-state index contributed by atoms with van der Waals surface area (Å²) in [5.74, 6) is 5.38. The number of fused-ring (bicyclic) bond motifs is 2. The van der Waals surface area contributed by atoms with E-state index in [1.807, 2.05) is 0 Å². The number of nitrogens with two attached hydrogens (primary N) is 1. The molecule has 0 radical (unpaired) electrons. The highest BCUT2D eigenvalue weighted by Gasteiger charge is 2.32. The molecule has 2 atom stereocenters. The standard InChI is InChI=1S/C7H15N3/c8-10-7-3-5-1-2-6(4-7)9-5/h5-7,9-10H,1-4,8H2. The van der Waals surface area contributed by atoms with Crippen LogP contribution >= 0.6 is 0 Å². The molecule has 0 aromatic carbocycles. The Morgan fingerprint density at radius 2 is 1.80 bits per heavy atom. The van der Waals surface area contributed by atoms with Gasteiger partial charge in [0.25, 0.3) is 0 Å². The van der Waals surface area contributed by atoms with Crippen LogP contribution in [0.5, 0.6) is 0 Å². The molecule has 2 bridgehead atoms. The number of hydrogen-bond acceptors (Lipinski definition) is 3. The summed E-state index contributed by atoms with van der Waals surface area (Å²) in [6, 6.07) is 2.07. The molecule has 3 nitrogen and oxygen atoms in total. The fourth-order valence-electron chi connectivity index (χ4n) is 2.19. The van der Waals surface area contributed by atoms with E-state index in [2.05, 4.69) is 10.7 Å². The molecule has 2 heterocycles. The van der Waals surface area contributed by atoms with Crippen LogP contribution in [-0.4, -0.2) is 18.1 Å². The Kier molecular flexibility index (Phi) is 1.64. The van der Waals surface area contributed by atoms with Crippen molar-refractivity contribution in [1.29, 1.82) is 0 Å². The lowest BCUT2D eigenvalue weighted by atomic mass is 10.0. The summed E-state index contributed by atoms with van der Waals surface area (Å²) >= 11 is 0. The van der Waals surface area contributed by atoms with Crippen LogP contribution in [0.2, 0.25) is 0 Å². The van der Waals surface area contributed by atoms with Crippen LogP contribution in [0.25, 0.3) is 0 Å². The summed E-state index contributed by atoms with van der Waals surface area (Å²) in [4.78, 5) is 0. The Labute approximate surface area is 61.3 Å². The zero-order valence-corrected chi connectivity index (χ0v) is 6.14. The third kappa shape index (κ3) is 1.05. The van der Waals surface area contributed by atoms with Crippen LogP contribution in [0.3, 0.4) is 0 Å². The third-order valence-corrected chi connectivity index (χ3v) is 2.71. The largest absolute Gasteiger partial charge is 0.311 e. The van der Waals surface area contributed by atoms with Crippen molar-refractivity contribution in [3.05, 3.63) is 0 Å². The molecule has 0 aromatic heterocycles. The maximum Gasteiger partial charge on any atom is 0.0240 e. The molecule has 0 aliphatic carbocycles. The quantitative estimate of drug-likeness (QED) is 0.348. The molecule has 2 fully saturated rings. The van der Waals surface area contributed by atoms with Crippen molar-refractivity contribution in [3.63, 3.8) is 0 Å². The highest BCUT2D eigenvalue weighted by molar-refractivity contribution is 4.93. The second-order valence-electron chi connectivity index (χ2n) is 3.47. The lowest BCUT2D eigenvalue weighted by Gasteiger charge is -2.28. The molecule has 4 N–H and O–H groups in total. The SMILES string of the molecule is NNC1CC2CCC(C1)N2. The average Bonchev–Trinajstić information content (AvgIpc) is 2.30. The van der Waals surface area contributed by atoms with Crippen LogP contribution in [-0.2, 0) is 0 Å². The predicted molar refractivity (Wildman–Crippen MR) is 40.3 cm³/mol. The maximum absolute atomic E-state index is 5.38. The van der Waals surface area contributed by atoms with E-state index >= 15 is 0 Å². The van der Waals surface area contributed by atoms with Crippen LogP contribution in [0.1, 0.15) is 25.7 Å². The summed E-state index contributed by atoms with van der Waals surface area (Å²) in [6.45, 7) is 0. The minimum atomic E-state index is 0.568. The van der Waals surface area contributed by atoms with E-state index in [1.54, 1.807) is 0 Å². The molecule has 58 valence electrons. The molecule has 3 heteroatoms. The molecule has 0 spiro atoms. The van der Waals surface area contributed by atoms with Crippen molar-refractivity contribution in [1.82, 2.24) is 10.7 Å². The topological polar surface area (TPSA) is 50.1 Å². The fourth-order valence-corrected chi connectivity index (χ4v) is 2.19. The van der Waals surface area contributed by atoms with Crippen LogP contribution in [0.15, 0.2) is 0 Å². The molecule has 10 heavy (non-hydrogen) atoms. The first kappa shape index (κ1) is 6.58. The molecule has 2 saturated heterocycles. The number of hydrogen-bond donors (Lipinski definition) is 3. The van der Waals surface area contributed by atoms with Gasteiger partial charge in [0.1, 0.15) is 0 Å². The van der Waals surface area contributed by atoms with Gasteiger partial charge in [0, 0.05) is 18.1 Å². The van der Waals surface area contributed by atoms with E-state index in [0.717, 1.165) is 12.1 Å². The molecular formula is C7H15N3. The van der Waals surface area contributed by atoms with Crippen LogP contribution in [0.4, 0.5) is 0 Å². The molecule has 0 saturated carbocycles. The van der Waals surface area contributed by atoms with Gasteiger partial charge in [-0.2, -0.15) is 0 Å².